The Labute approximate surface area is 87.1 Å². The van der Waals surface area contributed by atoms with E-state index < -0.39 is 5.97 Å². The van der Waals surface area contributed by atoms with Crippen molar-refractivity contribution in [1.29, 1.82) is 0 Å². The highest BCUT2D eigenvalue weighted by molar-refractivity contribution is 7.99. The van der Waals surface area contributed by atoms with Crippen molar-refractivity contribution in [3.05, 3.63) is 11.8 Å². The van der Waals surface area contributed by atoms with Crippen molar-refractivity contribution in [2.75, 3.05) is 25.2 Å². The molecule has 0 saturated carbocycles. The van der Waals surface area contributed by atoms with Gasteiger partial charge in [-0.3, -0.25) is 4.79 Å². The van der Waals surface area contributed by atoms with Gasteiger partial charge in [0.25, 0.3) is 0 Å². The zero-order chi connectivity index (χ0) is 10.8. The van der Waals surface area contributed by atoms with Crippen LogP contribution in [-0.4, -0.2) is 37.5 Å². The molecule has 0 fully saturated rings. The Balaban J connectivity index is 3.52. The largest absolute Gasteiger partial charge is 0.466 e. The second-order valence-electron chi connectivity index (χ2n) is 2.37. The highest BCUT2D eigenvalue weighted by Gasteiger charge is 1.97. The molecule has 0 aromatic heterocycles. The molecule has 0 aliphatic heterocycles. The standard InChI is InChI=1S/C8H14N2O3S/c1-13-8(12)4-7(9)5-14-3-2-10-6-11/h4,6H,2-3,5,9H2,1H3,(H,10,11)/b7-4-. The Morgan fingerprint density at radius 3 is 2.93 bits per heavy atom. The molecular formula is C8H14N2O3S. The van der Waals surface area contributed by atoms with E-state index in [0.29, 0.717) is 24.4 Å². The molecule has 0 rings (SSSR count). The second kappa shape index (κ2) is 8.43. The lowest BCUT2D eigenvalue weighted by Crippen LogP contribution is -2.15. The van der Waals surface area contributed by atoms with Gasteiger partial charge >= 0.3 is 5.97 Å². The molecule has 0 aliphatic rings. The van der Waals surface area contributed by atoms with Crippen LogP contribution in [-0.2, 0) is 14.3 Å². The third-order valence-electron chi connectivity index (χ3n) is 1.25. The van der Waals surface area contributed by atoms with E-state index in [4.69, 9.17) is 5.73 Å². The Morgan fingerprint density at radius 2 is 2.36 bits per heavy atom. The normalized spacial score (nSPS) is 10.8. The number of ether oxygens (including phenoxy) is 1. The fraction of sp³-hybridized carbons (Fsp3) is 0.500. The van der Waals surface area contributed by atoms with Crippen molar-refractivity contribution in [1.82, 2.24) is 5.32 Å². The van der Waals surface area contributed by atoms with Crippen molar-refractivity contribution >= 4 is 24.1 Å². The molecule has 0 aliphatic carbocycles. The van der Waals surface area contributed by atoms with Gasteiger partial charge < -0.3 is 15.8 Å². The van der Waals surface area contributed by atoms with Crippen LogP contribution in [0.3, 0.4) is 0 Å². The summed E-state index contributed by atoms with van der Waals surface area (Å²) in [6, 6.07) is 0. The van der Waals surface area contributed by atoms with E-state index in [1.807, 2.05) is 0 Å². The van der Waals surface area contributed by atoms with Crippen molar-refractivity contribution < 1.29 is 14.3 Å². The number of esters is 1. The van der Waals surface area contributed by atoms with E-state index in [9.17, 15) is 9.59 Å². The number of thioether (sulfide) groups is 1. The number of hydrogen-bond acceptors (Lipinski definition) is 5. The first-order valence-electron chi connectivity index (χ1n) is 3.99. The molecule has 5 nitrogen and oxygen atoms in total. The highest BCUT2D eigenvalue weighted by atomic mass is 32.2. The number of amides is 1. The molecule has 0 aromatic carbocycles. The Hall–Kier alpha value is -1.17. The summed E-state index contributed by atoms with van der Waals surface area (Å²) < 4.78 is 4.40. The smallest absolute Gasteiger partial charge is 0.332 e. The van der Waals surface area contributed by atoms with Gasteiger partial charge in [0.15, 0.2) is 0 Å². The molecule has 80 valence electrons. The number of carbonyl (C=O) groups excluding carboxylic acids is 2. The number of methoxy groups -OCH3 is 1. The van der Waals surface area contributed by atoms with Crippen LogP contribution in [0.2, 0.25) is 0 Å². The number of nitrogens with one attached hydrogen (secondary N) is 1. The minimum atomic E-state index is -0.450. The van der Waals surface area contributed by atoms with Crippen molar-refractivity contribution in [2.24, 2.45) is 5.73 Å². The average Bonchev–Trinajstić information content (AvgIpc) is 2.17. The summed E-state index contributed by atoms with van der Waals surface area (Å²) in [4.78, 5) is 20.6. The Kier molecular flexibility index (Phi) is 7.72. The topological polar surface area (TPSA) is 81.4 Å². The molecule has 0 unspecified atom stereocenters. The molecule has 0 spiro atoms. The zero-order valence-corrected chi connectivity index (χ0v) is 8.80. The van der Waals surface area contributed by atoms with Crippen molar-refractivity contribution in [2.45, 2.75) is 0 Å². The van der Waals surface area contributed by atoms with Crippen LogP contribution in [0, 0.1) is 0 Å². The molecule has 1 amide bonds. The molecule has 0 bridgehead atoms. The SMILES string of the molecule is COC(=O)/C=C(\N)CSCCNC=O. The maximum absolute atomic E-state index is 10.7. The van der Waals surface area contributed by atoms with Crippen LogP contribution in [0.4, 0.5) is 0 Å². The maximum atomic E-state index is 10.7. The summed E-state index contributed by atoms with van der Waals surface area (Å²) in [5.41, 5.74) is 5.98. The molecule has 6 heteroatoms. The summed E-state index contributed by atoms with van der Waals surface area (Å²) >= 11 is 1.53. The lowest BCUT2D eigenvalue weighted by atomic mass is 10.4. The fourth-order valence-corrected chi connectivity index (χ4v) is 1.36. The van der Waals surface area contributed by atoms with Crippen molar-refractivity contribution in [3.63, 3.8) is 0 Å². The van der Waals surface area contributed by atoms with Gasteiger partial charge in [0, 0.05) is 29.8 Å². The van der Waals surface area contributed by atoms with Crippen molar-refractivity contribution in [3.8, 4) is 0 Å². The molecule has 3 N–H and O–H groups in total. The summed E-state index contributed by atoms with van der Waals surface area (Å²) in [6.45, 7) is 0.597. The first kappa shape index (κ1) is 12.8. The predicted molar refractivity (Wildman–Crippen MR) is 55.7 cm³/mol. The van der Waals surface area contributed by atoms with Gasteiger partial charge in [0.05, 0.1) is 7.11 Å². The second-order valence-corrected chi connectivity index (χ2v) is 3.47. The van der Waals surface area contributed by atoms with E-state index in [2.05, 4.69) is 10.1 Å². The lowest BCUT2D eigenvalue weighted by molar-refractivity contribution is -0.134. The van der Waals surface area contributed by atoms with Gasteiger partial charge in [-0.25, -0.2) is 4.79 Å². The molecule has 0 aromatic rings. The van der Waals surface area contributed by atoms with E-state index >= 15 is 0 Å². The third kappa shape index (κ3) is 7.48. The fourth-order valence-electron chi connectivity index (χ4n) is 0.632. The molecular weight excluding hydrogens is 204 g/mol. The minimum Gasteiger partial charge on any atom is -0.466 e. The lowest BCUT2D eigenvalue weighted by Gasteiger charge is -2.01. The summed E-state index contributed by atoms with van der Waals surface area (Å²) in [7, 11) is 1.30. The number of rotatable bonds is 7. The predicted octanol–water partition coefficient (Wildman–Crippen LogP) is -0.519. The van der Waals surface area contributed by atoms with Crippen LogP contribution >= 0.6 is 11.8 Å². The monoisotopic (exact) mass is 218 g/mol. The average molecular weight is 218 g/mol. The Morgan fingerprint density at radius 1 is 1.64 bits per heavy atom. The summed E-state index contributed by atoms with van der Waals surface area (Å²) in [6.07, 6.45) is 1.90. The number of hydrogen-bond donors (Lipinski definition) is 2. The first-order valence-corrected chi connectivity index (χ1v) is 5.15. The number of nitrogens with two attached hydrogens (primary N) is 1. The van der Waals surface area contributed by atoms with Gasteiger partial charge in [-0.15, -0.1) is 0 Å². The van der Waals surface area contributed by atoms with Crippen LogP contribution in [0.1, 0.15) is 0 Å². The molecule has 14 heavy (non-hydrogen) atoms. The summed E-state index contributed by atoms with van der Waals surface area (Å²) in [5.74, 6) is 0.860. The van der Waals surface area contributed by atoms with Gasteiger partial charge in [0.1, 0.15) is 0 Å². The van der Waals surface area contributed by atoms with E-state index in [1.165, 1.54) is 24.9 Å². The van der Waals surface area contributed by atoms with E-state index in [0.717, 1.165) is 5.75 Å². The number of carbonyl (C=O) groups is 2. The van der Waals surface area contributed by atoms with Gasteiger partial charge in [-0.05, 0) is 0 Å². The highest BCUT2D eigenvalue weighted by Crippen LogP contribution is 2.02. The first-order chi connectivity index (χ1) is 6.70. The molecule has 0 atom stereocenters. The maximum Gasteiger partial charge on any atom is 0.332 e. The zero-order valence-electron chi connectivity index (χ0n) is 7.99. The van der Waals surface area contributed by atoms with E-state index in [-0.39, 0.29) is 0 Å². The molecule has 0 radical (unpaired) electrons. The Bertz CT molecular complexity index is 219. The summed E-state index contributed by atoms with van der Waals surface area (Å²) in [5, 5.41) is 2.52. The van der Waals surface area contributed by atoms with Gasteiger partial charge in [-0.2, -0.15) is 11.8 Å². The van der Waals surface area contributed by atoms with Gasteiger partial charge in [-0.1, -0.05) is 0 Å². The molecule has 0 heterocycles. The quantitative estimate of drug-likeness (QED) is 0.260. The van der Waals surface area contributed by atoms with E-state index in [1.54, 1.807) is 0 Å². The molecule has 0 saturated heterocycles. The minimum absolute atomic E-state index is 0.450. The van der Waals surface area contributed by atoms with Crippen LogP contribution in [0.15, 0.2) is 11.8 Å². The third-order valence-corrected chi connectivity index (χ3v) is 2.28. The van der Waals surface area contributed by atoms with Crippen LogP contribution in [0.5, 0.6) is 0 Å². The van der Waals surface area contributed by atoms with Gasteiger partial charge in [0.2, 0.25) is 6.41 Å². The van der Waals surface area contributed by atoms with Crippen LogP contribution < -0.4 is 11.1 Å². The van der Waals surface area contributed by atoms with Crippen LogP contribution in [0.25, 0.3) is 0 Å².